The Kier molecular flexibility index (Phi) is 4.73. The molecule has 2 bridgehead atoms. The molecule has 3 rings (SSSR count). The monoisotopic (exact) mass is 331 g/mol. The molecule has 1 aromatic heterocycles. The molecule has 0 aliphatic heterocycles. The van der Waals surface area contributed by atoms with E-state index in [4.69, 9.17) is 0 Å². The zero-order chi connectivity index (χ0) is 17.3. The van der Waals surface area contributed by atoms with Crippen molar-refractivity contribution in [1.29, 1.82) is 0 Å². The van der Waals surface area contributed by atoms with Gasteiger partial charge in [-0.25, -0.2) is 0 Å². The maximum absolute atomic E-state index is 12.3. The fourth-order valence-electron chi connectivity index (χ4n) is 4.40. The number of amides is 2. The molecule has 2 aliphatic carbocycles. The summed E-state index contributed by atoms with van der Waals surface area (Å²) in [5.41, 5.74) is 0.0800. The van der Waals surface area contributed by atoms with Gasteiger partial charge in [-0.15, -0.1) is 0 Å². The van der Waals surface area contributed by atoms with Gasteiger partial charge in [-0.2, -0.15) is 0 Å². The molecule has 2 amide bonds. The SMILES string of the molecule is CNC(=O)c1ccc(=O)n(CC(=O)N[C@H](C)[C@H]2C[C@H]3CC[C@H]2C3)c1. The topological polar surface area (TPSA) is 80.2 Å². The molecule has 6 nitrogen and oxygen atoms in total. The molecule has 2 fully saturated rings. The van der Waals surface area contributed by atoms with Crippen LogP contribution < -0.4 is 16.2 Å². The van der Waals surface area contributed by atoms with Crippen molar-refractivity contribution in [1.82, 2.24) is 15.2 Å². The Morgan fingerprint density at radius 3 is 2.71 bits per heavy atom. The first-order chi connectivity index (χ1) is 11.5. The maximum Gasteiger partial charge on any atom is 0.252 e. The van der Waals surface area contributed by atoms with E-state index in [-0.39, 0.29) is 30.0 Å². The maximum atomic E-state index is 12.3. The minimum atomic E-state index is -0.287. The van der Waals surface area contributed by atoms with Crippen LogP contribution in [0.1, 0.15) is 43.0 Å². The summed E-state index contributed by atoms with van der Waals surface area (Å²) in [6.45, 7) is 2.00. The number of rotatable bonds is 5. The lowest BCUT2D eigenvalue weighted by Crippen LogP contribution is -2.42. The van der Waals surface area contributed by atoms with Crippen LogP contribution in [-0.4, -0.2) is 29.5 Å². The van der Waals surface area contributed by atoms with E-state index in [9.17, 15) is 14.4 Å². The number of nitrogens with zero attached hydrogens (tertiary/aromatic N) is 1. The van der Waals surface area contributed by atoms with Gasteiger partial charge in [0.25, 0.3) is 11.5 Å². The van der Waals surface area contributed by atoms with Crippen molar-refractivity contribution < 1.29 is 9.59 Å². The van der Waals surface area contributed by atoms with Crippen LogP contribution in [0.2, 0.25) is 0 Å². The summed E-state index contributed by atoms with van der Waals surface area (Å²) >= 11 is 0. The second-order valence-corrected chi connectivity index (χ2v) is 7.16. The van der Waals surface area contributed by atoms with Gasteiger partial charge in [-0.05, 0) is 50.0 Å². The van der Waals surface area contributed by atoms with Gasteiger partial charge in [0, 0.05) is 25.4 Å². The number of aromatic nitrogens is 1. The predicted molar refractivity (Wildman–Crippen MR) is 90.6 cm³/mol. The third kappa shape index (κ3) is 3.37. The zero-order valence-electron chi connectivity index (χ0n) is 14.2. The fourth-order valence-corrected chi connectivity index (χ4v) is 4.40. The minimum absolute atomic E-state index is 0.0607. The number of hydrogen-bond donors (Lipinski definition) is 2. The molecule has 2 saturated carbocycles. The Morgan fingerprint density at radius 2 is 2.08 bits per heavy atom. The summed E-state index contributed by atoms with van der Waals surface area (Å²) in [4.78, 5) is 35.9. The zero-order valence-corrected chi connectivity index (χ0v) is 14.2. The van der Waals surface area contributed by atoms with Gasteiger partial charge in [0.15, 0.2) is 0 Å². The molecule has 2 N–H and O–H groups in total. The van der Waals surface area contributed by atoms with Gasteiger partial charge in [-0.1, -0.05) is 6.42 Å². The van der Waals surface area contributed by atoms with Crippen LogP contribution in [0.5, 0.6) is 0 Å². The highest BCUT2D eigenvalue weighted by Crippen LogP contribution is 2.49. The minimum Gasteiger partial charge on any atom is -0.355 e. The van der Waals surface area contributed by atoms with E-state index >= 15 is 0 Å². The summed E-state index contributed by atoms with van der Waals surface area (Å²) in [7, 11) is 1.53. The molecule has 0 saturated heterocycles. The first-order valence-electron chi connectivity index (χ1n) is 8.70. The highest BCUT2D eigenvalue weighted by Gasteiger charge is 2.42. The van der Waals surface area contributed by atoms with Gasteiger partial charge in [0.2, 0.25) is 5.91 Å². The first kappa shape index (κ1) is 16.7. The van der Waals surface area contributed by atoms with E-state index < -0.39 is 0 Å². The highest BCUT2D eigenvalue weighted by molar-refractivity contribution is 5.93. The van der Waals surface area contributed by atoms with Crippen molar-refractivity contribution in [2.24, 2.45) is 17.8 Å². The van der Waals surface area contributed by atoms with Crippen LogP contribution >= 0.6 is 0 Å². The number of carbonyl (C=O) groups excluding carboxylic acids is 2. The lowest BCUT2D eigenvalue weighted by Gasteiger charge is -2.28. The summed E-state index contributed by atoms with van der Waals surface area (Å²) in [5.74, 6) is 1.68. The van der Waals surface area contributed by atoms with Crippen LogP contribution in [0.15, 0.2) is 23.1 Å². The van der Waals surface area contributed by atoms with Gasteiger partial charge in [0.05, 0.1) is 5.56 Å². The molecule has 0 aromatic carbocycles. The van der Waals surface area contributed by atoms with E-state index in [0.29, 0.717) is 11.5 Å². The molecule has 6 heteroatoms. The van der Waals surface area contributed by atoms with Gasteiger partial charge in [-0.3, -0.25) is 14.4 Å². The number of pyridine rings is 1. The lowest BCUT2D eigenvalue weighted by molar-refractivity contribution is -0.122. The molecule has 1 aromatic rings. The van der Waals surface area contributed by atoms with Gasteiger partial charge >= 0.3 is 0 Å². The number of nitrogens with one attached hydrogen (secondary N) is 2. The van der Waals surface area contributed by atoms with Crippen LogP contribution in [-0.2, 0) is 11.3 Å². The average molecular weight is 331 g/mol. The summed E-state index contributed by atoms with van der Waals surface area (Å²) < 4.78 is 1.29. The Hall–Kier alpha value is -2.11. The molecule has 0 unspecified atom stereocenters. The Balaban J connectivity index is 1.62. The van der Waals surface area contributed by atoms with Crippen LogP contribution in [0.3, 0.4) is 0 Å². The van der Waals surface area contributed by atoms with Crippen molar-refractivity contribution in [3.8, 4) is 0 Å². The number of hydrogen-bond acceptors (Lipinski definition) is 3. The van der Waals surface area contributed by atoms with Crippen molar-refractivity contribution in [2.45, 2.75) is 45.2 Å². The average Bonchev–Trinajstić information content (AvgIpc) is 3.19. The fraction of sp³-hybridized carbons (Fsp3) is 0.611. The summed E-state index contributed by atoms with van der Waals surface area (Å²) in [5, 5.41) is 5.56. The van der Waals surface area contributed by atoms with Crippen molar-refractivity contribution in [3.63, 3.8) is 0 Å². The van der Waals surface area contributed by atoms with E-state index in [0.717, 1.165) is 11.8 Å². The molecule has 130 valence electrons. The van der Waals surface area contributed by atoms with Crippen molar-refractivity contribution >= 4 is 11.8 Å². The first-order valence-corrected chi connectivity index (χ1v) is 8.70. The Labute approximate surface area is 141 Å². The van der Waals surface area contributed by atoms with Crippen LogP contribution in [0.25, 0.3) is 0 Å². The molecular formula is C18H25N3O3. The molecule has 0 spiro atoms. The van der Waals surface area contributed by atoms with E-state index in [1.165, 1.54) is 55.6 Å². The summed E-state index contributed by atoms with van der Waals surface area (Å²) in [6.07, 6.45) is 6.56. The Bertz CT molecular complexity index is 697. The third-order valence-electron chi connectivity index (χ3n) is 5.61. The molecule has 0 radical (unpaired) electrons. The third-order valence-corrected chi connectivity index (χ3v) is 5.61. The predicted octanol–water partition coefficient (Wildman–Crippen LogP) is 1.15. The normalized spacial score (nSPS) is 26.2. The van der Waals surface area contributed by atoms with Gasteiger partial charge in [0.1, 0.15) is 6.54 Å². The van der Waals surface area contributed by atoms with E-state index in [2.05, 4.69) is 17.6 Å². The van der Waals surface area contributed by atoms with Gasteiger partial charge < -0.3 is 15.2 Å². The van der Waals surface area contributed by atoms with E-state index in [1.807, 2.05) is 0 Å². The molecule has 4 atom stereocenters. The lowest BCUT2D eigenvalue weighted by atomic mass is 9.84. The quantitative estimate of drug-likeness (QED) is 0.849. The second-order valence-electron chi connectivity index (χ2n) is 7.16. The smallest absolute Gasteiger partial charge is 0.252 e. The number of fused-ring (bicyclic) bond motifs is 2. The van der Waals surface area contributed by atoms with Crippen molar-refractivity contribution in [2.75, 3.05) is 7.05 Å². The van der Waals surface area contributed by atoms with Crippen LogP contribution in [0, 0.1) is 17.8 Å². The molecule has 2 aliphatic rings. The highest BCUT2D eigenvalue weighted by atomic mass is 16.2. The number of carbonyl (C=O) groups is 2. The largest absolute Gasteiger partial charge is 0.355 e. The van der Waals surface area contributed by atoms with Crippen LogP contribution in [0.4, 0.5) is 0 Å². The van der Waals surface area contributed by atoms with E-state index in [1.54, 1.807) is 0 Å². The summed E-state index contributed by atoms with van der Waals surface area (Å²) in [6, 6.07) is 2.91. The molecule has 1 heterocycles. The Morgan fingerprint density at radius 1 is 1.29 bits per heavy atom. The molecule has 24 heavy (non-hydrogen) atoms. The standard InChI is InChI=1S/C18H25N3O3/c1-11(15-8-12-3-4-13(15)7-12)20-16(22)10-21-9-14(18(24)19-2)5-6-17(21)23/h5-6,9,11-13,15H,3-4,7-8,10H2,1-2H3,(H,19,24)(H,20,22)/t11-,12+,13+,15-/m1/s1. The van der Waals surface area contributed by atoms with Crippen molar-refractivity contribution in [3.05, 3.63) is 34.2 Å². The molecular weight excluding hydrogens is 306 g/mol. The second kappa shape index (κ2) is 6.79.